The second kappa shape index (κ2) is 5.86. The molecule has 0 bridgehead atoms. The molecule has 0 aliphatic carbocycles. The fourth-order valence-electron chi connectivity index (χ4n) is 1.70. The molecule has 3 nitrogen and oxygen atoms in total. The van der Waals surface area contributed by atoms with Gasteiger partial charge in [-0.05, 0) is 25.4 Å². The summed E-state index contributed by atoms with van der Waals surface area (Å²) in [6.45, 7) is 2.77. The molecule has 1 rings (SSSR count). The number of nitrogens with zero attached hydrogens (tertiary/aromatic N) is 2. The second-order valence-corrected chi connectivity index (χ2v) is 4.69. The van der Waals surface area contributed by atoms with E-state index in [1.165, 1.54) is 4.88 Å². The highest BCUT2D eigenvalue weighted by molar-refractivity contribution is 7.10. The normalized spacial score (nSPS) is 14.9. The molecule has 15 heavy (non-hydrogen) atoms. The lowest BCUT2D eigenvalue weighted by atomic mass is 10.1. The molecular formula is C11H17N3S. The average Bonchev–Trinajstić information content (AvgIpc) is 2.67. The third-order valence-corrected chi connectivity index (χ3v) is 3.33. The molecule has 0 radical (unpaired) electrons. The highest BCUT2D eigenvalue weighted by Gasteiger charge is 2.21. The summed E-state index contributed by atoms with van der Waals surface area (Å²) in [5.41, 5.74) is 5.98. The molecule has 0 aliphatic rings. The summed E-state index contributed by atoms with van der Waals surface area (Å²) >= 11 is 1.72. The predicted octanol–water partition coefficient (Wildman–Crippen LogP) is 1.98. The molecule has 0 spiro atoms. The van der Waals surface area contributed by atoms with E-state index in [0.717, 1.165) is 6.54 Å². The molecule has 2 unspecified atom stereocenters. The van der Waals surface area contributed by atoms with E-state index in [9.17, 15) is 0 Å². The average molecular weight is 223 g/mol. The van der Waals surface area contributed by atoms with Gasteiger partial charge in [-0.2, -0.15) is 5.26 Å². The van der Waals surface area contributed by atoms with Gasteiger partial charge in [0.05, 0.1) is 12.1 Å². The van der Waals surface area contributed by atoms with Crippen LogP contribution < -0.4 is 5.73 Å². The first-order chi connectivity index (χ1) is 7.16. The summed E-state index contributed by atoms with van der Waals surface area (Å²) in [4.78, 5) is 3.42. The second-order valence-electron chi connectivity index (χ2n) is 3.71. The van der Waals surface area contributed by atoms with Crippen molar-refractivity contribution in [2.24, 2.45) is 5.73 Å². The van der Waals surface area contributed by atoms with E-state index in [0.29, 0.717) is 6.42 Å². The van der Waals surface area contributed by atoms with Crippen molar-refractivity contribution in [3.05, 3.63) is 22.4 Å². The first-order valence-corrected chi connectivity index (χ1v) is 5.91. The van der Waals surface area contributed by atoms with Crippen molar-refractivity contribution in [3.8, 4) is 6.07 Å². The van der Waals surface area contributed by atoms with Crippen molar-refractivity contribution in [1.82, 2.24) is 4.90 Å². The van der Waals surface area contributed by atoms with E-state index >= 15 is 0 Å². The number of hydrogen-bond acceptors (Lipinski definition) is 4. The van der Waals surface area contributed by atoms with Crippen molar-refractivity contribution in [3.63, 3.8) is 0 Å². The zero-order valence-corrected chi connectivity index (χ0v) is 10.00. The highest BCUT2D eigenvalue weighted by Crippen LogP contribution is 2.26. The number of likely N-dealkylation sites (N-methyl/N-ethyl adjacent to an activating group) is 1. The minimum absolute atomic E-state index is 0.0762. The summed E-state index contributed by atoms with van der Waals surface area (Å²) in [7, 11) is 2.02. The van der Waals surface area contributed by atoms with Crippen LogP contribution in [0.3, 0.4) is 0 Å². The molecule has 1 aromatic rings. The molecule has 4 heteroatoms. The van der Waals surface area contributed by atoms with Crippen molar-refractivity contribution in [2.75, 3.05) is 13.6 Å². The van der Waals surface area contributed by atoms with Gasteiger partial charge in [0.1, 0.15) is 0 Å². The SMILES string of the molecule is CC(N)C(c1cccs1)N(C)CCC#N. The van der Waals surface area contributed by atoms with Gasteiger partial charge in [0.15, 0.2) is 0 Å². The van der Waals surface area contributed by atoms with Crippen molar-refractivity contribution in [2.45, 2.75) is 25.4 Å². The number of hydrogen-bond donors (Lipinski definition) is 1. The molecule has 0 saturated heterocycles. The Hall–Kier alpha value is -0.890. The Balaban J connectivity index is 2.71. The van der Waals surface area contributed by atoms with Gasteiger partial charge in [-0.25, -0.2) is 0 Å². The number of nitrogens with two attached hydrogens (primary N) is 1. The van der Waals surface area contributed by atoms with Crippen LogP contribution in [0.25, 0.3) is 0 Å². The van der Waals surface area contributed by atoms with E-state index in [4.69, 9.17) is 11.0 Å². The maximum absolute atomic E-state index is 8.56. The summed E-state index contributed by atoms with van der Waals surface area (Å²) in [6, 6.07) is 6.59. The number of nitriles is 1. The van der Waals surface area contributed by atoms with E-state index in [-0.39, 0.29) is 12.1 Å². The molecule has 2 N–H and O–H groups in total. The maximum atomic E-state index is 8.56. The lowest BCUT2D eigenvalue weighted by molar-refractivity contribution is 0.227. The smallest absolute Gasteiger partial charge is 0.0635 e. The molecule has 0 saturated carbocycles. The Morgan fingerprint density at radius 3 is 2.87 bits per heavy atom. The Bertz CT molecular complexity index is 313. The largest absolute Gasteiger partial charge is 0.326 e. The van der Waals surface area contributed by atoms with Crippen molar-refractivity contribution < 1.29 is 0 Å². The lowest BCUT2D eigenvalue weighted by Crippen LogP contribution is -2.37. The van der Waals surface area contributed by atoms with E-state index < -0.39 is 0 Å². The Labute approximate surface area is 95.1 Å². The van der Waals surface area contributed by atoms with Crippen LogP contribution >= 0.6 is 11.3 Å². The molecule has 0 fully saturated rings. The fraction of sp³-hybridized carbons (Fsp3) is 0.545. The van der Waals surface area contributed by atoms with E-state index in [1.54, 1.807) is 11.3 Å². The van der Waals surface area contributed by atoms with Crippen LogP contribution in [-0.4, -0.2) is 24.5 Å². The quantitative estimate of drug-likeness (QED) is 0.830. The van der Waals surface area contributed by atoms with Crippen LogP contribution in [0.1, 0.15) is 24.3 Å². The predicted molar refractivity (Wildman–Crippen MR) is 63.6 cm³/mol. The van der Waals surface area contributed by atoms with Crippen LogP contribution in [0, 0.1) is 11.3 Å². The Morgan fingerprint density at radius 2 is 2.40 bits per heavy atom. The summed E-state index contributed by atoms with van der Waals surface area (Å²) in [6.07, 6.45) is 0.547. The number of thiophene rings is 1. The van der Waals surface area contributed by atoms with Gasteiger partial charge >= 0.3 is 0 Å². The topological polar surface area (TPSA) is 53.0 Å². The Kier molecular flexibility index (Phi) is 4.76. The summed E-state index contributed by atoms with van der Waals surface area (Å²) in [5.74, 6) is 0. The Morgan fingerprint density at radius 1 is 1.67 bits per heavy atom. The standard InChI is InChI=1S/C11H17N3S/c1-9(13)11(10-5-3-8-15-10)14(2)7-4-6-12/h3,5,8-9,11H,4,7,13H2,1-2H3. The fourth-order valence-corrected chi connectivity index (χ4v) is 2.71. The third-order valence-electron chi connectivity index (χ3n) is 2.38. The molecule has 2 atom stereocenters. The molecular weight excluding hydrogens is 206 g/mol. The van der Waals surface area contributed by atoms with Crippen LogP contribution in [0.2, 0.25) is 0 Å². The van der Waals surface area contributed by atoms with Crippen LogP contribution in [-0.2, 0) is 0 Å². The third kappa shape index (κ3) is 3.31. The van der Waals surface area contributed by atoms with Crippen molar-refractivity contribution in [1.29, 1.82) is 5.26 Å². The minimum atomic E-state index is 0.0762. The molecule has 1 aromatic heterocycles. The molecule has 0 aliphatic heterocycles. The van der Waals surface area contributed by atoms with Gasteiger partial charge in [-0.1, -0.05) is 6.07 Å². The van der Waals surface area contributed by atoms with Crippen LogP contribution in [0.15, 0.2) is 17.5 Å². The number of rotatable bonds is 5. The summed E-state index contributed by atoms with van der Waals surface area (Å²) in [5, 5.41) is 10.6. The molecule has 1 heterocycles. The maximum Gasteiger partial charge on any atom is 0.0635 e. The zero-order chi connectivity index (χ0) is 11.3. The highest BCUT2D eigenvalue weighted by atomic mass is 32.1. The lowest BCUT2D eigenvalue weighted by Gasteiger charge is -2.29. The zero-order valence-electron chi connectivity index (χ0n) is 9.18. The van der Waals surface area contributed by atoms with Gasteiger partial charge < -0.3 is 5.73 Å². The van der Waals surface area contributed by atoms with E-state index in [1.807, 2.05) is 20.0 Å². The first-order valence-electron chi connectivity index (χ1n) is 5.03. The van der Waals surface area contributed by atoms with Gasteiger partial charge in [-0.15, -0.1) is 11.3 Å². The molecule has 82 valence electrons. The van der Waals surface area contributed by atoms with Crippen LogP contribution in [0.4, 0.5) is 0 Å². The monoisotopic (exact) mass is 223 g/mol. The van der Waals surface area contributed by atoms with Gasteiger partial charge in [0, 0.05) is 23.9 Å². The summed E-state index contributed by atoms with van der Waals surface area (Å²) < 4.78 is 0. The minimum Gasteiger partial charge on any atom is -0.326 e. The van der Waals surface area contributed by atoms with Gasteiger partial charge in [-0.3, -0.25) is 4.90 Å². The van der Waals surface area contributed by atoms with Gasteiger partial charge in [0.25, 0.3) is 0 Å². The van der Waals surface area contributed by atoms with E-state index in [2.05, 4.69) is 22.4 Å². The van der Waals surface area contributed by atoms with Gasteiger partial charge in [0.2, 0.25) is 0 Å². The van der Waals surface area contributed by atoms with Crippen molar-refractivity contribution >= 4 is 11.3 Å². The first kappa shape index (κ1) is 12.2. The molecule has 0 aromatic carbocycles. The van der Waals surface area contributed by atoms with Crippen LogP contribution in [0.5, 0.6) is 0 Å². The molecule has 0 amide bonds.